The standard InChI is InChI=1S/C24H50O10Si/c1-23(25)33-21-19-31-17-15-29-13-11-27-9-7-26-8-10-28-12-14-30-16-18-32-20-22-34-35(5,6)24(2,3)4/h7-22H2,1-6H3. The zero-order chi connectivity index (χ0) is 26.3. The minimum Gasteiger partial charge on any atom is -0.463 e. The van der Waals surface area contributed by atoms with Gasteiger partial charge in [-0.25, -0.2) is 0 Å². The maximum Gasteiger partial charge on any atom is 0.302 e. The van der Waals surface area contributed by atoms with Crippen LogP contribution in [0.3, 0.4) is 0 Å². The van der Waals surface area contributed by atoms with Crippen molar-refractivity contribution < 1.29 is 47.1 Å². The smallest absolute Gasteiger partial charge is 0.302 e. The van der Waals surface area contributed by atoms with Crippen molar-refractivity contribution in [2.75, 3.05) is 106 Å². The molecule has 11 heteroatoms. The summed E-state index contributed by atoms with van der Waals surface area (Å²) in [5.74, 6) is -0.306. The summed E-state index contributed by atoms with van der Waals surface area (Å²) in [4.78, 5) is 10.6. The second-order valence-corrected chi connectivity index (χ2v) is 14.0. The quantitative estimate of drug-likeness (QED) is 0.100. The molecule has 0 amide bonds. The molecule has 210 valence electrons. The van der Waals surface area contributed by atoms with Gasteiger partial charge in [0.2, 0.25) is 0 Å². The number of hydrogen-bond acceptors (Lipinski definition) is 10. The Balaban J connectivity index is 3.16. The third-order valence-corrected chi connectivity index (χ3v) is 9.80. The Morgan fingerprint density at radius 3 is 1.03 bits per heavy atom. The summed E-state index contributed by atoms with van der Waals surface area (Å²) >= 11 is 0. The van der Waals surface area contributed by atoms with Crippen LogP contribution in [-0.4, -0.2) is 120 Å². The molecule has 0 spiro atoms. The third kappa shape index (κ3) is 23.5. The lowest BCUT2D eigenvalue weighted by Gasteiger charge is -2.36. The molecule has 0 heterocycles. The molecule has 0 bridgehead atoms. The lowest BCUT2D eigenvalue weighted by atomic mass is 10.2. The molecule has 10 nitrogen and oxygen atoms in total. The second-order valence-electron chi connectivity index (χ2n) is 9.24. The molecule has 0 N–H and O–H groups in total. The summed E-state index contributed by atoms with van der Waals surface area (Å²) in [5, 5.41) is 0.220. The van der Waals surface area contributed by atoms with Crippen molar-refractivity contribution in [2.45, 2.75) is 45.8 Å². The molecule has 0 aliphatic carbocycles. The van der Waals surface area contributed by atoms with Crippen LogP contribution >= 0.6 is 0 Å². The number of ether oxygens (including phenoxy) is 8. The van der Waals surface area contributed by atoms with E-state index in [4.69, 9.17) is 42.3 Å². The van der Waals surface area contributed by atoms with Crippen molar-refractivity contribution in [3.05, 3.63) is 0 Å². The first-order valence-electron chi connectivity index (χ1n) is 12.5. The minimum atomic E-state index is -1.69. The molecule has 0 rings (SSSR count). The van der Waals surface area contributed by atoms with Crippen LogP contribution in [0.4, 0.5) is 0 Å². The molecule has 35 heavy (non-hydrogen) atoms. The van der Waals surface area contributed by atoms with Crippen molar-refractivity contribution >= 4 is 14.3 Å². The zero-order valence-electron chi connectivity index (χ0n) is 22.9. The van der Waals surface area contributed by atoms with Crippen LogP contribution in [0.1, 0.15) is 27.7 Å². The first kappa shape index (κ1) is 34.4. The van der Waals surface area contributed by atoms with Gasteiger partial charge in [-0.05, 0) is 18.1 Å². The fourth-order valence-corrected chi connectivity index (χ4v) is 3.26. The van der Waals surface area contributed by atoms with E-state index in [0.29, 0.717) is 99.1 Å². The van der Waals surface area contributed by atoms with Crippen LogP contribution in [-0.2, 0) is 47.1 Å². The van der Waals surface area contributed by atoms with Crippen molar-refractivity contribution in [3.8, 4) is 0 Å². The highest BCUT2D eigenvalue weighted by atomic mass is 28.4. The molecular weight excluding hydrogens is 476 g/mol. The Morgan fingerprint density at radius 1 is 0.514 bits per heavy atom. The number of hydrogen-bond donors (Lipinski definition) is 0. The lowest BCUT2D eigenvalue weighted by Crippen LogP contribution is -2.41. The second kappa shape index (κ2) is 22.6. The minimum absolute atomic E-state index is 0.220. The van der Waals surface area contributed by atoms with Crippen LogP contribution in [0.15, 0.2) is 0 Å². The average molecular weight is 527 g/mol. The fraction of sp³-hybridized carbons (Fsp3) is 0.958. The predicted octanol–water partition coefficient (Wildman–Crippen LogP) is 2.69. The van der Waals surface area contributed by atoms with E-state index >= 15 is 0 Å². The van der Waals surface area contributed by atoms with Gasteiger partial charge in [-0.15, -0.1) is 0 Å². The Bertz CT molecular complexity index is 485. The Kier molecular flexibility index (Phi) is 22.1. The maximum absolute atomic E-state index is 10.6. The Labute approximate surface area is 213 Å². The summed E-state index contributed by atoms with van der Waals surface area (Å²) in [6.07, 6.45) is 0. The van der Waals surface area contributed by atoms with Crippen LogP contribution in [0.5, 0.6) is 0 Å². The van der Waals surface area contributed by atoms with Gasteiger partial charge in [0.15, 0.2) is 8.32 Å². The molecule has 0 aromatic heterocycles. The van der Waals surface area contributed by atoms with Crippen molar-refractivity contribution in [1.29, 1.82) is 0 Å². The van der Waals surface area contributed by atoms with Gasteiger partial charge in [-0.3, -0.25) is 4.79 Å². The molecule has 0 aliphatic rings. The van der Waals surface area contributed by atoms with E-state index in [0.717, 1.165) is 0 Å². The van der Waals surface area contributed by atoms with Gasteiger partial charge in [0, 0.05) is 6.92 Å². The molecule has 0 aromatic rings. The monoisotopic (exact) mass is 526 g/mol. The molecular formula is C24H50O10Si. The summed E-state index contributed by atoms with van der Waals surface area (Å²) in [6, 6.07) is 0. The van der Waals surface area contributed by atoms with Gasteiger partial charge >= 0.3 is 5.97 Å². The van der Waals surface area contributed by atoms with Gasteiger partial charge in [0.1, 0.15) is 6.61 Å². The molecule has 0 fully saturated rings. The molecule has 0 saturated heterocycles. The molecule has 0 aromatic carbocycles. The zero-order valence-corrected chi connectivity index (χ0v) is 23.9. The first-order chi connectivity index (χ1) is 16.7. The number of carbonyl (C=O) groups is 1. The first-order valence-corrected chi connectivity index (χ1v) is 15.4. The van der Waals surface area contributed by atoms with Gasteiger partial charge in [-0.2, -0.15) is 0 Å². The van der Waals surface area contributed by atoms with E-state index in [9.17, 15) is 4.79 Å². The third-order valence-electron chi connectivity index (χ3n) is 5.26. The lowest BCUT2D eigenvalue weighted by molar-refractivity contribution is -0.142. The molecule has 0 aliphatic heterocycles. The normalized spacial score (nSPS) is 12.3. The van der Waals surface area contributed by atoms with Gasteiger partial charge < -0.3 is 42.3 Å². The molecule has 0 radical (unpaired) electrons. The highest BCUT2D eigenvalue weighted by Gasteiger charge is 2.36. The molecule has 0 unspecified atom stereocenters. The van der Waals surface area contributed by atoms with Crippen LogP contribution in [0.2, 0.25) is 18.1 Å². The summed E-state index contributed by atoms with van der Waals surface area (Å²) in [7, 11) is -1.69. The SMILES string of the molecule is CC(=O)OCCOCCOCCOCCOCCOCCOCCOCCO[Si](C)(C)C(C)(C)C. The van der Waals surface area contributed by atoms with Crippen molar-refractivity contribution in [1.82, 2.24) is 0 Å². The van der Waals surface area contributed by atoms with Crippen LogP contribution < -0.4 is 0 Å². The summed E-state index contributed by atoms with van der Waals surface area (Å²) in [6.45, 7) is 20.5. The van der Waals surface area contributed by atoms with Gasteiger partial charge in [-0.1, -0.05) is 20.8 Å². The van der Waals surface area contributed by atoms with Crippen LogP contribution in [0, 0.1) is 0 Å². The average Bonchev–Trinajstić information content (AvgIpc) is 2.78. The van der Waals surface area contributed by atoms with E-state index < -0.39 is 8.32 Å². The maximum atomic E-state index is 10.6. The molecule has 0 atom stereocenters. The van der Waals surface area contributed by atoms with Gasteiger partial charge in [0.05, 0.1) is 99.1 Å². The highest BCUT2D eigenvalue weighted by Crippen LogP contribution is 2.36. The Hall–Kier alpha value is -0.633. The fourth-order valence-electron chi connectivity index (χ4n) is 2.24. The van der Waals surface area contributed by atoms with E-state index in [1.54, 1.807) is 0 Å². The largest absolute Gasteiger partial charge is 0.463 e. The summed E-state index contributed by atoms with van der Waals surface area (Å²) in [5.41, 5.74) is 0. The highest BCUT2D eigenvalue weighted by molar-refractivity contribution is 6.74. The number of esters is 1. The topological polar surface area (TPSA) is 100 Å². The predicted molar refractivity (Wildman–Crippen MR) is 136 cm³/mol. The van der Waals surface area contributed by atoms with E-state index in [2.05, 4.69) is 33.9 Å². The number of rotatable bonds is 25. The number of carbonyl (C=O) groups excluding carboxylic acids is 1. The van der Waals surface area contributed by atoms with Gasteiger partial charge in [0.25, 0.3) is 0 Å². The van der Waals surface area contributed by atoms with E-state index in [1.165, 1.54) is 6.92 Å². The van der Waals surface area contributed by atoms with Crippen molar-refractivity contribution in [3.63, 3.8) is 0 Å². The van der Waals surface area contributed by atoms with Crippen molar-refractivity contribution in [2.24, 2.45) is 0 Å². The van der Waals surface area contributed by atoms with E-state index in [-0.39, 0.29) is 17.6 Å². The van der Waals surface area contributed by atoms with Crippen LogP contribution in [0.25, 0.3) is 0 Å². The Morgan fingerprint density at radius 2 is 0.771 bits per heavy atom. The molecule has 0 saturated carbocycles. The van der Waals surface area contributed by atoms with E-state index in [1.807, 2.05) is 0 Å². The summed E-state index contributed by atoms with van der Waals surface area (Å²) < 4.78 is 48.8.